The molecule has 1 rings (SSSR count). The van der Waals surface area contributed by atoms with Gasteiger partial charge in [-0.3, -0.25) is 4.79 Å². The summed E-state index contributed by atoms with van der Waals surface area (Å²) in [4.78, 5) is 13.0. The number of nitrogens with zero attached hydrogens (tertiary/aromatic N) is 1. The van der Waals surface area contributed by atoms with Gasteiger partial charge in [-0.1, -0.05) is 0 Å². The maximum absolute atomic E-state index is 11.3. The fourth-order valence-corrected chi connectivity index (χ4v) is 1.37. The fraction of sp³-hybridized carbons (Fsp3) is 0.875. The van der Waals surface area contributed by atoms with Gasteiger partial charge in [-0.05, 0) is 13.3 Å². The van der Waals surface area contributed by atoms with Gasteiger partial charge in [0.2, 0.25) is 5.91 Å². The van der Waals surface area contributed by atoms with Crippen molar-refractivity contribution < 1.29 is 9.90 Å². The summed E-state index contributed by atoms with van der Waals surface area (Å²) in [6.07, 6.45) is 0.749. The lowest BCUT2D eigenvalue weighted by atomic mass is 10.2. The summed E-state index contributed by atoms with van der Waals surface area (Å²) in [7, 11) is 0. The van der Waals surface area contributed by atoms with Crippen molar-refractivity contribution in [1.29, 1.82) is 0 Å². The summed E-state index contributed by atoms with van der Waals surface area (Å²) < 4.78 is 0. The number of carbonyl (C=O) groups is 1. The molecule has 1 aliphatic rings. The number of carbonyl (C=O) groups excluding carboxylic acids is 1. The highest BCUT2D eigenvalue weighted by atomic mass is 16.3. The molecule has 1 saturated heterocycles. The molecule has 4 heteroatoms. The third-order valence-corrected chi connectivity index (χ3v) is 2.01. The first-order valence-corrected chi connectivity index (χ1v) is 4.31. The SMILES string of the molecule is CC(N)CC(=O)N1CCC(O)C1. The van der Waals surface area contributed by atoms with Crippen LogP contribution in [0.2, 0.25) is 0 Å². The topological polar surface area (TPSA) is 66.6 Å². The van der Waals surface area contributed by atoms with E-state index in [0.717, 1.165) is 0 Å². The molecule has 70 valence electrons. The Morgan fingerprint density at radius 1 is 1.83 bits per heavy atom. The van der Waals surface area contributed by atoms with Crippen molar-refractivity contribution >= 4 is 5.91 Å². The lowest BCUT2D eigenvalue weighted by Gasteiger charge is -2.16. The van der Waals surface area contributed by atoms with E-state index in [0.29, 0.717) is 25.9 Å². The van der Waals surface area contributed by atoms with Crippen LogP contribution < -0.4 is 5.73 Å². The monoisotopic (exact) mass is 172 g/mol. The smallest absolute Gasteiger partial charge is 0.224 e. The molecule has 0 bridgehead atoms. The number of likely N-dealkylation sites (tertiary alicyclic amines) is 1. The first-order chi connectivity index (χ1) is 5.59. The average molecular weight is 172 g/mol. The number of aliphatic hydroxyl groups is 1. The van der Waals surface area contributed by atoms with Crippen molar-refractivity contribution in [1.82, 2.24) is 4.90 Å². The molecule has 0 aromatic rings. The van der Waals surface area contributed by atoms with Crippen LogP contribution in [0.4, 0.5) is 0 Å². The van der Waals surface area contributed by atoms with Crippen LogP contribution in [-0.4, -0.2) is 41.1 Å². The molecule has 2 atom stereocenters. The first-order valence-electron chi connectivity index (χ1n) is 4.31. The predicted molar refractivity (Wildman–Crippen MR) is 45.5 cm³/mol. The maximum atomic E-state index is 11.3. The Morgan fingerprint density at radius 2 is 2.50 bits per heavy atom. The maximum Gasteiger partial charge on any atom is 0.224 e. The van der Waals surface area contributed by atoms with Crippen LogP contribution >= 0.6 is 0 Å². The van der Waals surface area contributed by atoms with E-state index in [1.807, 2.05) is 6.92 Å². The van der Waals surface area contributed by atoms with Gasteiger partial charge in [-0.25, -0.2) is 0 Å². The zero-order chi connectivity index (χ0) is 9.14. The van der Waals surface area contributed by atoms with Crippen molar-refractivity contribution in [3.8, 4) is 0 Å². The lowest BCUT2D eigenvalue weighted by molar-refractivity contribution is -0.130. The quantitative estimate of drug-likeness (QED) is 0.580. The van der Waals surface area contributed by atoms with Crippen LogP contribution in [-0.2, 0) is 4.79 Å². The van der Waals surface area contributed by atoms with Crippen molar-refractivity contribution in [2.24, 2.45) is 5.73 Å². The highest BCUT2D eigenvalue weighted by molar-refractivity contribution is 5.77. The number of hydrogen-bond donors (Lipinski definition) is 2. The van der Waals surface area contributed by atoms with Crippen molar-refractivity contribution in [3.63, 3.8) is 0 Å². The third-order valence-electron chi connectivity index (χ3n) is 2.01. The summed E-state index contributed by atoms with van der Waals surface area (Å²) in [5.74, 6) is 0.0570. The van der Waals surface area contributed by atoms with Crippen LogP contribution in [0.15, 0.2) is 0 Å². The van der Waals surface area contributed by atoms with Crippen molar-refractivity contribution in [3.05, 3.63) is 0 Å². The number of amides is 1. The summed E-state index contributed by atoms with van der Waals surface area (Å²) in [5, 5.41) is 9.16. The Labute approximate surface area is 72.3 Å². The normalized spacial score (nSPS) is 25.9. The molecule has 0 spiro atoms. The molecule has 0 aromatic heterocycles. The second-order valence-electron chi connectivity index (χ2n) is 3.46. The highest BCUT2D eigenvalue weighted by Crippen LogP contribution is 2.10. The average Bonchev–Trinajstić information content (AvgIpc) is 2.34. The molecule has 1 amide bonds. The second kappa shape index (κ2) is 3.87. The van der Waals surface area contributed by atoms with Crippen molar-refractivity contribution in [2.45, 2.75) is 31.9 Å². The predicted octanol–water partition coefficient (Wildman–Crippen LogP) is -0.683. The Balaban J connectivity index is 2.33. The standard InChI is InChI=1S/C8H16N2O2/c1-6(9)4-8(12)10-3-2-7(11)5-10/h6-7,11H,2-5,9H2,1H3. The number of β-amino-alcohol motifs (C(OH)–C–C–N with tert-alkyl or cyclic N) is 1. The van der Waals surface area contributed by atoms with Gasteiger partial charge >= 0.3 is 0 Å². The number of rotatable bonds is 2. The zero-order valence-electron chi connectivity index (χ0n) is 7.36. The zero-order valence-corrected chi connectivity index (χ0v) is 7.36. The minimum absolute atomic E-state index is 0.0570. The van der Waals surface area contributed by atoms with Gasteiger partial charge in [0, 0.05) is 25.6 Å². The van der Waals surface area contributed by atoms with E-state index in [1.54, 1.807) is 4.90 Å². The second-order valence-corrected chi connectivity index (χ2v) is 3.46. The summed E-state index contributed by atoms with van der Waals surface area (Å²) in [6, 6.07) is -0.0877. The third kappa shape index (κ3) is 2.46. The molecule has 0 saturated carbocycles. The molecule has 3 N–H and O–H groups in total. The van der Waals surface area contributed by atoms with Gasteiger partial charge in [0.05, 0.1) is 6.10 Å². The van der Waals surface area contributed by atoms with Crippen molar-refractivity contribution in [2.75, 3.05) is 13.1 Å². The summed E-state index contributed by atoms with van der Waals surface area (Å²) in [5.41, 5.74) is 5.49. The molecule has 0 aromatic carbocycles. The molecule has 0 aliphatic carbocycles. The lowest BCUT2D eigenvalue weighted by Crippen LogP contribution is -2.33. The van der Waals surface area contributed by atoms with Gasteiger partial charge in [-0.2, -0.15) is 0 Å². The Hall–Kier alpha value is -0.610. The minimum atomic E-state index is -0.331. The van der Waals surface area contributed by atoms with Gasteiger partial charge in [0.15, 0.2) is 0 Å². The Bertz CT molecular complexity index is 170. The first kappa shape index (κ1) is 9.48. The van der Waals surface area contributed by atoms with E-state index in [-0.39, 0.29) is 18.1 Å². The van der Waals surface area contributed by atoms with E-state index in [2.05, 4.69) is 0 Å². The van der Waals surface area contributed by atoms with E-state index in [1.165, 1.54) is 0 Å². The van der Waals surface area contributed by atoms with Crippen LogP contribution in [0.3, 0.4) is 0 Å². The van der Waals surface area contributed by atoms with Gasteiger partial charge < -0.3 is 15.7 Å². The molecule has 1 heterocycles. The number of nitrogens with two attached hydrogens (primary N) is 1. The fourth-order valence-electron chi connectivity index (χ4n) is 1.37. The van der Waals surface area contributed by atoms with Crippen LogP contribution in [0.25, 0.3) is 0 Å². The molecule has 1 aliphatic heterocycles. The van der Waals surface area contributed by atoms with Crippen LogP contribution in [0.1, 0.15) is 19.8 Å². The largest absolute Gasteiger partial charge is 0.391 e. The van der Waals surface area contributed by atoms with Crippen LogP contribution in [0.5, 0.6) is 0 Å². The molecule has 0 radical (unpaired) electrons. The Kier molecular flexibility index (Phi) is 3.05. The van der Waals surface area contributed by atoms with Crippen LogP contribution in [0, 0.1) is 0 Å². The van der Waals surface area contributed by atoms with E-state index in [9.17, 15) is 4.79 Å². The number of hydrogen-bond acceptors (Lipinski definition) is 3. The van der Waals surface area contributed by atoms with Gasteiger partial charge in [-0.15, -0.1) is 0 Å². The Morgan fingerprint density at radius 3 is 2.92 bits per heavy atom. The van der Waals surface area contributed by atoms with Gasteiger partial charge in [0.25, 0.3) is 0 Å². The van der Waals surface area contributed by atoms with E-state index >= 15 is 0 Å². The molecule has 1 fully saturated rings. The molecular formula is C8H16N2O2. The highest BCUT2D eigenvalue weighted by Gasteiger charge is 2.24. The summed E-state index contributed by atoms with van der Waals surface area (Å²) in [6.45, 7) is 2.96. The molecular weight excluding hydrogens is 156 g/mol. The minimum Gasteiger partial charge on any atom is -0.391 e. The van der Waals surface area contributed by atoms with Gasteiger partial charge in [0.1, 0.15) is 0 Å². The molecule has 12 heavy (non-hydrogen) atoms. The van der Waals surface area contributed by atoms with E-state index in [4.69, 9.17) is 10.8 Å². The van der Waals surface area contributed by atoms with E-state index < -0.39 is 0 Å². The number of aliphatic hydroxyl groups excluding tert-OH is 1. The summed E-state index contributed by atoms with van der Waals surface area (Å²) >= 11 is 0. The molecule has 2 unspecified atom stereocenters. The molecule has 4 nitrogen and oxygen atoms in total.